The van der Waals surface area contributed by atoms with Crippen molar-refractivity contribution in [3.8, 4) is 6.07 Å². The second kappa shape index (κ2) is 6.97. The maximum atomic E-state index is 12.0. The van der Waals surface area contributed by atoms with Crippen molar-refractivity contribution in [3.63, 3.8) is 0 Å². The number of carbonyl (C=O) groups is 1. The molecule has 1 saturated heterocycles. The number of hydrogen-bond acceptors (Lipinski definition) is 4. The fourth-order valence-corrected chi connectivity index (χ4v) is 3.59. The molecule has 1 N–H and O–H groups in total. The van der Waals surface area contributed by atoms with Crippen molar-refractivity contribution in [3.05, 3.63) is 29.8 Å². The number of amides is 1. The summed E-state index contributed by atoms with van der Waals surface area (Å²) in [5, 5.41) is 11.6. The molecular weight excluding hydrogens is 282 g/mol. The Balaban J connectivity index is 1.78. The number of benzene rings is 1. The number of anilines is 1. The third kappa shape index (κ3) is 5.07. The molecule has 2 rings (SSSR count). The fourth-order valence-electron chi connectivity index (χ4n) is 2.42. The van der Waals surface area contributed by atoms with Gasteiger partial charge in [-0.3, -0.25) is 4.79 Å². The second-order valence-corrected chi connectivity index (χ2v) is 7.67. The van der Waals surface area contributed by atoms with Gasteiger partial charge < -0.3 is 10.2 Å². The largest absolute Gasteiger partial charge is 0.326 e. The average molecular weight is 303 g/mol. The van der Waals surface area contributed by atoms with E-state index in [-0.39, 0.29) is 10.7 Å². The van der Waals surface area contributed by atoms with E-state index in [1.807, 2.05) is 11.8 Å². The van der Waals surface area contributed by atoms with E-state index in [2.05, 4.69) is 30.1 Å². The molecule has 1 heterocycles. The van der Waals surface area contributed by atoms with Crippen LogP contribution in [0.1, 0.15) is 25.8 Å². The molecule has 0 atom stereocenters. The van der Waals surface area contributed by atoms with Crippen LogP contribution < -0.4 is 5.32 Å². The summed E-state index contributed by atoms with van der Waals surface area (Å²) in [6.45, 7) is 7.38. The molecule has 0 bridgehead atoms. The molecule has 0 aliphatic carbocycles. The highest BCUT2D eigenvalue weighted by Gasteiger charge is 2.26. The standard InChI is InChI=1S/C16H21N3OS/c1-16(2)12-19(9-10-21-16)8-7-15(20)18-14-5-3-13(11-17)4-6-14/h3-6H,7-10,12H2,1-2H3,(H,18,20). The number of nitriles is 1. The molecule has 1 fully saturated rings. The van der Waals surface area contributed by atoms with Gasteiger partial charge >= 0.3 is 0 Å². The number of nitrogens with one attached hydrogen (secondary N) is 1. The van der Waals surface area contributed by atoms with Crippen LogP contribution in [0.4, 0.5) is 5.69 Å². The van der Waals surface area contributed by atoms with Crippen LogP contribution in [-0.2, 0) is 4.79 Å². The summed E-state index contributed by atoms with van der Waals surface area (Å²) >= 11 is 2.00. The number of rotatable bonds is 4. The van der Waals surface area contributed by atoms with Crippen LogP contribution in [0.3, 0.4) is 0 Å². The Morgan fingerprint density at radius 3 is 2.76 bits per heavy atom. The first kappa shape index (κ1) is 15.9. The lowest BCUT2D eigenvalue weighted by molar-refractivity contribution is -0.116. The van der Waals surface area contributed by atoms with Crippen molar-refractivity contribution in [1.29, 1.82) is 5.26 Å². The molecule has 1 aliphatic heterocycles. The van der Waals surface area contributed by atoms with Crippen LogP contribution in [0, 0.1) is 11.3 Å². The molecule has 0 unspecified atom stereocenters. The SMILES string of the molecule is CC1(C)CN(CCC(=O)Nc2ccc(C#N)cc2)CCS1. The van der Waals surface area contributed by atoms with Crippen molar-refractivity contribution in [2.45, 2.75) is 25.0 Å². The predicted molar refractivity (Wildman–Crippen MR) is 87.4 cm³/mol. The normalized spacial score (nSPS) is 18.0. The first-order valence-electron chi connectivity index (χ1n) is 7.15. The molecule has 1 aliphatic rings. The lowest BCUT2D eigenvalue weighted by Crippen LogP contribution is -2.44. The van der Waals surface area contributed by atoms with Gasteiger partial charge in [-0.2, -0.15) is 17.0 Å². The Morgan fingerprint density at radius 1 is 1.43 bits per heavy atom. The zero-order chi connectivity index (χ0) is 15.3. The molecule has 0 spiro atoms. The summed E-state index contributed by atoms with van der Waals surface area (Å²) in [7, 11) is 0. The summed E-state index contributed by atoms with van der Waals surface area (Å²) in [5.74, 6) is 1.15. The average Bonchev–Trinajstić information content (AvgIpc) is 2.45. The monoisotopic (exact) mass is 303 g/mol. The molecule has 5 heteroatoms. The van der Waals surface area contributed by atoms with Crippen LogP contribution >= 0.6 is 11.8 Å². The van der Waals surface area contributed by atoms with Gasteiger partial charge in [0, 0.05) is 42.2 Å². The number of thioether (sulfide) groups is 1. The zero-order valence-electron chi connectivity index (χ0n) is 12.6. The van der Waals surface area contributed by atoms with Crippen LogP contribution in [-0.4, -0.2) is 40.9 Å². The van der Waals surface area contributed by atoms with E-state index in [0.29, 0.717) is 12.0 Å². The molecular formula is C16H21N3OS. The van der Waals surface area contributed by atoms with Crippen molar-refractivity contribution in [2.24, 2.45) is 0 Å². The Labute approximate surface area is 130 Å². The number of hydrogen-bond donors (Lipinski definition) is 1. The summed E-state index contributed by atoms with van der Waals surface area (Å²) in [6, 6.07) is 9.00. The number of nitrogens with zero attached hydrogens (tertiary/aromatic N) is 2. The Morgan fingerprint density at radius 2 is 2.14 bits per heavy atom. The summed E-state index contributed by atoms with van der Waals surface area (Å²) in [6.07, 6.45) is 0.501. The van der Waals surface area contributed by atoms with E-state index in [4.69, 9.17) is 5.26 Å². The lowest BCUT2D eigenvalue weighted by Gasteiger charge is -2.37. The predicted octanol–water partition coefficient (Wildman–Crippen LogP) is 2.71. The van der Waals surface area contributed by atoms with Crippen LogP contribution in [0.5, 0.6) is 0 Å². The number of carbonyl (C=O) groups excluding carboxylic acids is 1. The highest BCUT2D eigenvalue weighted by molar-refractivity contribution is 8.00. The molecule has 4 nitrogen and oxygen atoms in total. The maximum absolute atomic E-state index is 12.0. The summed E-state index contributed by atoms with van der Waals surface area (Å²) in [4.78, 5) is 14.3. The molecule has 1 aromatic rings. The third-order valence-electron chi connectivity index (χ3n) is 3.46. The van der Waals surface area contributed by atoms with Gasteiger partial charge in [0.25, 0.3) is 0 Å². The van der Waals surface area contributed by atoms with Gasteiger partial charge in [0.05, 0.1) is 11.6 Å². The van der Waals surface area contributed by atoms with Crippen molar-refractivity contribution in [1.82, 2.24) is 4.90 Å². The quantitative estimate of drug-likeness (QED) is 0.929. The van der Waals surface area contributed by atoms with Gasteiger partial charge in [-0.25, -0.2) is 0 Å². The Hall–Kier alpha value is -1.51. The summed E-state index contributed by atoms with van der Waals surface area (Å²) in [5.41, 5.74) is 1.34. The van der Waals surface area contributed by atoms with E-state index < -0.39 is 0 Å². The van der Waals surface area contributed by atoms with Crippen LogP contribution in [0.2, 0.25) is 0 Å². The second-order valence-electron chi connectivity index (χ2n) is 5.87. The lowest BCUT2D eigenvalue weighted by atomic mass is 10.2. The molecule has 1 amide bonds. The Bertz CT molecular complexity index is 533. The minimum atomic E-state index is 0.0238. The Kier molecular flexibility index (Phi) is 5.27. The first-order valence-corrected chi connectivity index (χ1v) is 8.13. The van der Waals surface area contributed by atoms with Crippen LogP contribution in [0.15, 0.2) is 24.3 Å². The highest BCUT2D eigenvalue weighted by Crippen LogP contribution is 2.29. The molecule has 0 saturated carbocycles. The van der Waals surface area contributed by atoms with E-state index >= 15 is 0 Å². The van der Waals surface area contributed by atoms with Crippen molar-refractivity contribution < 1.29 is 4.79 Å². The topological polar surface area (TPSA) is 56.1 Å². The smallest absolute Gasteiger partial charge is 0.225 e. The molecule has 0 radical (unpaired) electrons. The fraction of sp³-hybridized carbons (Fsp3) is 0.500. The van der Waals surface area contributed by atoms with E-state index in [1.54, 1.807) is 24.3 Å². The molecule has 112 valence electrons. The van der Waals surface area contributed by atoms with Crippen molar-refractivity contribution in [2.75, 3.05) is 30.7 Å². The van der Waals surface area contributed by atoms with Gasteiger partial charge in [-0.05, 0) is 38.1 Å². The van der Waals surface area contributed by atoms with E-state index in [9.17, 15) is 4.79 Å². The zero-order valence-corrected chi connectivity index (χ0v) is 13.4. The van der Waals surface area contributed by atoms with Gasteiger partial charge in [0.2, 0.25) is 5.91 Å². The van der Waals surface area contributed by atoms with Gasteiger partial charge in [-0.1, -0.05) is 0 Å². The van der Waals surface area contributed by atoms with Crippen LogP contribution in [0.25, 0.3) is 0 Å². The van der Waals surface area contributed by atoms with Gasteiger partial charge in [0.1, 0.15) is 0 Å². The highest BCUT2D eigenvalue weighted by atomic mass is 32.2. The van der Waals surface area contributed by atoms with Crippen molar-refractivity contribution >= 4 is 23.4 Å². The molecule has 1 aromatic carbocycles. The van der Waals surface area contributed by atoms with Gasteiger partial charge in [0.15, 0.2) is 0 Å². The minimum Gasteiger partial charge on any atom is -0.326 e. The third-order valence-corrected chi connectivity index (χ3v) is 4.75. The van der Waals surface area contributed by atoms with E-state index in [1.165, 1.54) is 0 Å². The minimum absolute atomic E-state index is 0.0238. The maximum Gasteiger partial charge on any atom is 0.225 e. The summed E-state index contributed by atoms with van der Waals surface area (Å²) < 4.78 is 0.280. The molecule has 21 heavy (non-hydrogen) atoms. The van der Waals surface area contributed by atoms with Gasteiger partial charge in [-0.15, -0.1) is 0 Å². The first-order chi connectivity index (χ1) is 9.98. The van der Waals surface area contributed by atoms with E-state index in [0.717, 1.165) is 31.1 Å². The molecule has 0 aromatic heterocycles.